The molecule has 1 aromatic carbocycles. The van der Waals surface area contributed by atoms with E-state index >= 15 is 0 Å². The van der Waals surface area contributed by atoms with Gasteiger partial charge < -0.3 is 0 Å². The Morgan fingerprint density at radius 3 is 2.47 bits per heavy atom. The maximum Gasteiger partial charge on any atom is 0.335 e. The molecule has 0 bridgehead atoms. The number of nitrogens with one attached hydrogen (secondary N) is 1. The van der Waals surface area contributed by atoms with Gasteiger partial charge in [-0.25, -0.2) is 9.36 Å². The minimum absolute atomic E-state index is 0.126. The zero-order valence-electron chi connectivity index (χ0n) is 8.51. The molecular formula is C11H7BrN2O3. The van der Waals surface area contributed by atoms with Crippen molar-refractivity contribution in [1.29, 1.82) is 0 Å². The lowest BCUT2D eigenvalue weighted by molar-refractivity contribution is 0.0954. The van der Waals surface area contributed by atoms with Crippen LogP contribution in [0.15, 0.2) is 50.6 Å². The Morgan fingerprint density at radius 1 is 1.18 bits per heavy atom. The van der Waals surface area contributed by atoms with E-state index in [0.29, 0.717) is 5.56 Å². The predicted octanol–water partition coefficient (Wildman–Crippen LogP) is 0.988. The van der Waals surface area contributed by atoms with Crippen LogP contribution in [0.4, 0.5) is 0 Å². The number of nitrogens with zero attached hydrogens (tertiary/aromatic N) is 1. The third kappa shape index (κ3) is 2.26. The van der Waals surface area contributed by atoms with Crippen molar-refractivity contribution in [2.75, 3.05) is 0 Å². The summed E-state index contributed by atoms with van der Waals surface area (Å²) < 4.78 is 0.974. The first-order valence-corrected chi connectivity index (χ1v) is 5.50. The number of carbonyl (C=O) groups excluding carboxylic acids is 1. The lowest BCUT2D eigenvalue weighted by Crippen LogP contribution is -2.34. The highest BCUT2D eigenvalue weighted by Gasteiger charge is 2.11. The molecule has 0 amide bonds. The van der Waals surface area contributed by atoms with E-state index in [4.69, 9.17) is 0 Å². The molecule has 5 nitrogen and oxygen atoms in total. The second-order valence-corrected chi connectivity index (χ2v) is 4.13. The average molecular weight is 295 g/mol. The van der Waals surface area contributed by atoms with E-state index < -0.39 is 17.2 Å². The van der Waals surface area contributed by atoms with E-state index in [9.17, 15) is 14.4 Å². The molecule has 0 saturated carbocycles. The molecule has 0 atom stereocenters. The SMILES string of the molecule is O=C(c1ccccc1)n1cc(Br)c(=O)[nH]c1=O. The van der Waals surface area contributed by atoms with Gasteiger partial charge in [-0.2, -0.15) is 0 Å². The van der Waals surface area contributed by atoms with E-state index in [1.54, 1.807) is 30.3 Å². The minimum Gasteiger partial charge on any atom is -0.273 e. The Kier molecular flexibility index (Phi) is 3.06. The summed E-state index contributed by atoms with van der Waals surface area (Å²) in [6.07, 6.45) is 1.16. The van der Waals surface area contributed by atoms with Crippen LogP contribution in [0.2, 0.25) is 0 Å². The number of hydrogen-bond donors (Lipinski definition) is 1. The molecule has 6 heteroatoms. The van der Waals surface area contributed by atoms with Crippen molar-refractivity contribution >= 4 is 21.8 Å². The summed E-state index contributed by atoms with van der Waals surface area (Å²) in [4.78, 5) is 36.6. The summed E-state index contributed by atoms with van der Waals surface area (Å²) >= 11 is 2.97. The molecule has 0 saturated heterocycles. The number of aromatic nitrogens is 2. The van der Waals surface area contributed by atoms with Crippen molar-refractivity contribution in [2.24, 2.45) is 0 Å². The van der Waals surface area contributed by atoms with Crippen LogP contribution >= 0.6 is 15.9 Å². The maximum atomic E-state index is 12.0. The molecule has 0 aliphatic heterocycles. The van der Waals surface area contributed by atoms with Crippen molar-refractivity contribution < 1.29 is 4.79 Å². The Labute approximate surface area is 104 Å². The smallest absolute Gasteiger partial charge is 0.273 e. The van der Waals surface area contributed by atoms with Crippen molar-refractivity contribution in [1.82, 2.24) is 9.55 Å². The lowest BCUT2D eigenvalue weighted by Gasteiger charge is -2.03. The second kappa shape index (κ2) is 4.50. The van der Waals surface area contributed by atoms with Gasteiger partial charge in [0.05, 0.1) is 4.47 Å². The summed E-state index contributed by atoms with van der Waals surface area (Å²) in [5, 5.41) is 0. The Balaban J connectivity index is 2.56. The molecule has 1 heterocycles. The first kappa shape index (κ1) is 11.5. The van der Waals surface area contributed by atoms with E-state index in [1.165, 1.54) is 0 Å². The molecule has 0 aliphatic rings. The number of halogens is 1. The molecule has 1 aromatic heterocycles. The summed E-state index contributed by atoms with van der Waals surface area (Å²) in [6.45, 7) is 0. The molecule has 0 unspecified atom stereocenters. The van der Waals surface area contributed by atoms with Gasteiger partial charge in [0.25, 0.3) is 11.5 Å². The predicted molar refractivity (Wildman–Crippen MR) is 65.2 cm³/mol. The molecule has 0 spiro atoms. The Hall–Kier alpha value is -1.95. The lowest BCUT2D eigenvalue weighted by atomic mass is 10.2. The van der Waals surface area contributed by atoms with Gasteiger partial charge in [-0.15, -0.1) is 0 Å². The van der Waals surface area contributed by atoms with Crippen molar-refractivity contribution in [3.05, 3.63) is 67.4 Å². The summed E-state index contributed by atoms with van der Waals surface area (Å²) in [6, 6.07) is 8.34. The minimum atomic E-state index is -0.757. The van der Waals surface area contributed by atoms with Crippen LogP contribution in [0.25, 0.3) is 0 Å². The summed E-state index contributed by atoms with van der Waals surface area (Å²) in [5.74, 6) is -0.493. The number of hydrogen-bond acceptors (Lipinski definition) is 3. The fourth-order valence-electron chi connectivity index (χ4n) is 1.32. The number of rotatable bonds is 1. The van der Waals surface area contributed by atoms with E-state index in [1.807, 2.05) is 4.98 Å². The Morgan fingerprint density at radius 2 is 1.82 bits per heavy atom. The van der Waals surface area contributed by atoms with Crippen molar-refractivity contribution in [3.63, 3.8) is 0 Å². The van der Waals surface area contributed by atoms with Crippen LogP contribution in [0.3, 0.4) is 0 Å². The molecule has 17 heavy (non-hydrogen) atoms. The van der Waals surface area contributed by atoms with Crippen LogP contribution in [-0.2, 0) is 0 Å². The highest BCUT2D eigenvalue weighted by atomic mass is 79.9. The topological polar surface area (TPSA) is 71.9 Å². The van der Waals surface area contributed by atoms with E-state index in [-0.39, 0.29) is 4.47 Å². The summed E-state index contributed by atoms with van der Waals surface area (Å²) in [7, 11) is 0. The molecule has 86 valence electrons. The molecule has 2 aromatic rings. The quantitative estimate of drug-likeness (QED) is 0.852. The first-order valence-electron chi connectivity index (χ1n) is 4.71. The first-order chi connectivity index (χ1) is 8.09. The van der Waals surface area contributed by atoms with E-state index in [0.717, 1.165) is 10.8 Å². The fourth-order valence-corrected chi connectivity index (χ4v) is 1.62. The van der Waals surface area contributed by atoms with Gasteiger partial charge in [-0.1, -0.05) is 18.2 Å². The monoisotopic (exact) mass is 294 g/mol. The van der Waals surface area contributed by atoms with Crippen molar-refractivity contribution in [2.45, 2.75) is 0 Å². The zero-order chi connectivity index (χ0) is 12.4. The van der Waals surface area contributed by atoms with Gasteiger partial charge in [0.15, 0.2) is 0 Å². The molecule has 0 fully saturated rings. The van der Waals surface area contributed by atoms with Crippen LogP contribution in [0.5, 0.6) is 0 Å². The number of benzene rings is 1. The van der Waals surface area contributed by atoms with Gasteiger partial charge in [-0.05, 0) is 28.1 Å². The van der Waals surface area contributed by atoms with Gasteiger partial charge in [0.1, 0.15) is 0 Å². The fraction of sp³-hybridized carbons (Fsp3) is 0. The van der Waals surface area contributed by atoms with Crippen molar-refractivity contribution in [3.8, 4) is 0 Å². The molecule has 2 rings (SSSR count). The molecular weight excluding hydrogens is 288 g/mol. The second-order valence-electron chi connectivity index (χ2n) is 3.28. The normalized spacial score (nSPS) is 10.2. The Bertz CT molecular complexity index is 673. The van der Waals surface area contributed by atoms with Crippen LogP contribution in [-0.4, -0.2) is 15.5 Å². The third-order valence-corrected chi connectivity index (χ3v) is 2.70. The number of H-pyrrole nitrogens is 1. The molecule has 0 radical (unpaired) electrons. The van der Waals surface area contributed by atoms with E-state index in [2.05, 4.69) is 15.9 Å². The largest absolute Gasteiger partial charge is 0.335 e. The van der Waals surface area contributed by atoms with Gasteiger partial charge >= 0.3 is 5.69 Å². The standard InChI is InChI=1S/C11H7BrN2O3/c12-8-6-14(11(17)13-9(8)15)10(16)7-4-2-1-3-5-7/h1-6H,(H,13,15,17). The third-order valence-electron chi connectivity index (χ3n) is 2.14. The maximum absolute atomic E-state index is 12.0. The van der Waals surface area contributed by atoms with Crippen LogP contribution in [0, 0.1) is 0 Å². The summed E-state index contributed by atoms with van der Waals surface area (Å²) in [5.41, 5.74) is -0.951. The number of aromatic amines is 1. The van der Waals surface area contributed by atoms with Crippen LogP contribution in [0.1, 0.15) is 10.4 Å². The molecule has 0 aliphatic carbocycles. The highest BCUT2D eigenvalue weighted by Crippen LogP contribution is 2.03. The highest BCUT2D eigenvalue weighted by molar-refractivity contribution is 9.10. The van der Waals surface area contributed by atoms with Gasteiger partial charge in [-0.3, -0.25) is 14.6 Å². The molecule has 1 N–H and O–H groups in total. The van der Waals surface area contributed by atoms with Crippen LogP contribution < -0.4 is 11.2 Å². The zero-order valence-corrected chi connectivity index (χ0v) is 10.1. The van der Waals surface area contributed by atoms with Gasteiger partial charge in [0.2, 0.25) is 0 Å². The van der Waals surface area contributed by atoms with Gasteiger partial charge in [0, 0.05) is 11.8 Å². The number of carbonyl (C=O) groups is 1. The average Bonchev–Trinajstić information content (AvgIpc) is 2.34.